The van der Waals surface area contributed by atoms with Gasteiger partial charge in [-0.25, -0.2) is 4.39 Å². The number of halogens is 2. The molecule has 1 N–H and O–H groups in total. The zero-order chi connectivity index (χ0) is 13.9. The van der Waals surface area contributed by atoms with Crippen LogP contribution in [0.25, 0.3) is 0 Å². The number of nitrogens with one attached hydrogen (secondary N) is 1. The first-order valence-electron chi connectivity index (χ1n) is 7.07. The van der Waals surface area contributed by atoms with Gasteiger partial charge in [-0.05, 0) is 24.6 Å². The summed E-state index contributed by atoms with van der Waals surface area (Å²) in [7, 11) is 0. The smallest absolute Gasteiger partial charge is 0.128 e. The van der Waals surface area contributed by atoms with Crippen molar-refractivity contribution in [2.75, 3.05) is 18.0 Å². The molecular weight excluding hydrogens is 287 g/mol. The van der Waals surface area contributed by atoms with Gasteiger partial charge in [0.25, 0.3) is 0 Å². The van der Waals surface area contributed by atoms with Crippen LogP contribution >= 0.6 is 12.4 Å². The number of para-hydroxylation sites is 1. The lowest BCUT2D eigenvalue weighted by Gasteiger charge is -2.31. The Morgan fingerprint density at radius 3 is 2.62 bits per heavy atom. The Balaban J connectivity index is 0.00000161. The Hall–Kier alpha value is -1.58. The number of rotatable bonds is 2. The number of hydrogen-bond donors (Lipinski definition) is 1. The molecule has 0 spiro atoms. The second kappa shape index (κ2) is 6.92. The van der Waals surface area contributed by atoms with E-state index in [1.165, 1.54) is 17.3 Å². The van der Waals surface area contributed by atoms with Gasteiger partial charge in [0.05, 0.1) is 6.04 Å². The quantitative estimate of drug-likeness (QED) is 0.904. The van der Waals surface area contributed by atoms with Crippen LogP contribution in [0.5, 0.6) is 0 Å². The van der Waals surface area contributed by atoms with E-state index >= 15 is 0 Å². The Morgan fingerprint density at radius 2 is 1.81 bits per heavy atom. The van der Waals surface area contributed by atoms with Crippen molar-refractivity contribution < 1.29 is 4.39 Å². The van der Waals surface area contributed by atoms with Gasteiger partial charge in [0.2, 0.25) is 0 Å². The van der Waals surface area contributed by atoms with Crippen LogP contribution in [-0.2, 0) is 6.54 Å². The Morgan fingerprint density at radius 1 is 1.10 bits per heavy atom. The highest BCUT2D eigenvalue weighted by Gasteiger charge is 2.22. The normalized spacial score (nSPS) is 15.6. The lowest BCUT2D eigenvalue weighted by Crippen LogP contribution is -2.31. The molecule has 1 atom stereocenters. The number of nitrogens with zero attached hydrogens (tertiary/aromatic N) is 1. The molecule has 2 aromatic carbocycles. The molecule has 0 saturated carbocycles. The fourth-order valence-corrected chi connectivity index (χ4v) is 2.87. The first-order valence-corrected chi connectivity index (χ1v) is 7.07. The molecule has 0 saturated heterocycles. The minimum absolute atomic E-state index is 0. The summed E-state index contributed by atoms with van der Waals surface area (Å²) < 4.78 is 14.0. The standard InChI is InChI=1S/C17H19FN2.ClH/c1-13(15-7-3-4-8-16(15)18)20-11-10-19-12-14-6-2-5-9-17(14)20;/h2-9,13,19H,10-12H2,1H3;1H. The van der Waals surface area contributed by atoms with Gasteiger partial charge in [0.1, 0.15) is 5.82 Å². The zero-order valence-corrected chi connectivity index (χ0v) is 12.9. The van der Waals surface area contributed by atoms with E-state index in [2.05, 4.69) is 35.3 Å². The van der Waals surface area contributed by atoms with Gasteiger partial charge in [-0.3, -0.25) is 0 Å². The fraction of sp³-hybridized carbons (Fsp3) is 0.294. The molecule has 1 aliphatic heterocycles. The van der Waals surface area contributed by atoms with E-state index < -0.39 is 0 Å². The zero-order valence-electron chi connectivity index (χ0n) is 12.1. The first-order chi connectivity index (χ1) is 9.77. The number of hydrogen-bond acceptors (Lipinski definition) is 2. The lowest BCUT2D eigenvalue weighted by atomic mass is 10.0. The monoisotopic (exact) mass is 306 g/mol. The lowest BCUT2D eigenvalue weighted by molar-refractivity contribution is 0.570. The van der Waals surface area contributed by atoms with Crippen LogP contribution in [-0.4, -0.2) is 13.1 Å². The topological polar surface area (TPSA) is 15.3 Å². The summed E-state index contributed by atoms with van der Waals surface area (Å²) in [6, 6.07) is 15.4. The maximum atomic E-state index is 14.0. The average molecular weight is 307 g/mol. The Labute approximate surface area is 131 Å². The molecule has 21 heavy (non-hydrogen) atoms. The summed E-state index contributed by atoms with van der Waals surface area (Å²) in [5.74, 6) is -0.130. The van der Waals surface area contributed by atoms with Crippen LogP contribution in [0.15, 0.2) is 48.5 Å². The Bertz CT molecular complexity index is 603. The molecule has 1 aliphatic rings. The van der Waals surface area contributed by atoms with Gasteiger partial charge in [-0.1, -0.05) is 36.4 Å². The SMILES string of the molecule is CC(c1ccccc1F)N1CCNCc2ccccc21.Cl. The molecule has 112 valence electrons. The molecule has 4 heteroatoms. The van der Waals surface area contributed by atoms with Gasteiger partial charge < -0.3 is 10.2 Å². The summed E-state index contributed by atoms with van der Waals surface area (Å²) in [6.07, 6.45) is 0. The van der Waals surface area contributed by atoms with E-state index in [9.17, 15) is 4.39 Å². The summed E-state index contributed by atoms with van der Waals surface area (Å²) in [5.41, 5.74) is 3.23. The second-order valence-corrected chi connectivity index (χ2v) is 5.20. The third-order valence-electron chi connectivity index (χ3n) is 3.97. The molecule has 2 nitrogen and oxygen atoms in total. The molecule has 0 fully saturated rings. The molecule has 3 rings (SSSR count). The average Bonchev–Trinajstić information content (AvgIpc) is 2.69. The van der Waals surface area contributed by atoms with Crippen molar-refractivity contribution in [3.05, 3.63) is 65.5 Å². The second-order valence-electron chi connectivity index (χ2n) is 5.20. The van der Waals surface area contributed by atoms with E-state index in [4.69, 9.17) is 0 Å². The minimum Gasteiger partial charge on any atom is -0.363 e. The molecule has 0 aliphatic carbocycles. The third kappa shape index (κ3) is 3.20. The third-order valence-corrected chi connectivity index (χ3v) is 3.97. The van der Waals surface area contributed by atoms with E-state index in [1.807, 2.05) is 18.2 Å². The molecular formula is C17H20ClFN2. The highest BCUT2D eigenvalue weighted by atomic mass is 35.5. The molecule has 1 unspecified atom stereocenters. The summed E-state index contributed by atoms with van der Waals surface area (Å²) in [5, 5.41) is 3.42. The predicted molar refractivity (Wildman–Crippen MR) is 87.6 cm³/mol. The predicted octanol–water partition coefficient (Wildman–Crippen LogP) is 3.92. The van der Waals surface area contributed by atoms with Gasteiger partial charge >= 0.3 is 0 Å². The maximum absolute atomic E-state index is 14.0. The van der Waals surface area contributed by atoms with Crippen LogP contribution in [0.1, 0.15) is 24.1 Å². The molecule has 0 radical (unpaired) electrons. The van der Waals surface area contributed by atoms with E-state index in [0.717, 1.165) is 25.2 Å². The number of anilines is 1. The first kappa shape index (κ1) is 15.8. The van der Waals surface area contributed by atoms with Crippen molar-refractivity contribution in [2.24, 2.45) is 0 Å². The van der Waals surface area contributed by atoms with Crippen LogP contribution < -0.4 is 10.2 Å². The molecule has 0 amide bonds. The van der Waals surface area contributed by atoms with Crippen LogP contribution in [0.3, 0.4) is 0 Å². The van der Waals surface area contributed by atoms with E-state index in [0.29, 0.717) is 0 Å². The highest BCUT2D eigenvalue weighted by Crippen LogP contribution is 2.31. The number of fused-ring (bicyclic) bond motifs is 1. The molecule has 0 bridgehead atoms. The minimum atomic E-state index is -0.130. The largest absolute Gasteiger partial charge is 0.363 e. The highest BCUT2D eigenvalue weighted by molar-refractivity contribution is 5.85. The van der Waals surface area contributed by atoms with Crippen LogP contribution in [0.2, 0.25) is 0 Å². The van der Waals surface area contributed by atoms with Crippen molar-refractivity contribution >= 4 is 18.1 Å². The maximum Gasteiger partial charge on any atom is 0.128 e. The van der Waals surface area contributed by atoms with E-state index in [-0.39, 0.29) is 24.3 Å². The van der Waals surface area contributed by atoms with Gasteiger partial charge in [-0.2, -0.15) is 0 Å². The van der Waals surface area contributed by atoms with Crippen molar-refractivity contribution in [3.8, 4) is 0 Å². The molecule has 2 aromatic rings. The van der Waals surface area contributed by atoms with E-state index in [1.54, 1.807) is 6.07 Å². The van der Waals surface area contributed by atoms with Gasteiger partial charge in [-0.15, -0.1) is 12.4 Å². The van der Waals surface area contributed by atoms with Crippen LogP contribution in [0.4, 0.5) is 10.1 Å². The number of benzene rings is 2. The van der Waals surface area contributed by atoms with Crippen LogP contribution in [0, 0.1) is 5.82 Å². The van der Waals surface area contributed by atoms with Crippen molar-refractivity contribution in [1.29, 1.82) is 0 Å². The van der Waals surface area contributed by atoms with Crippen molar-refractivity contribution in [1.82, 2.24) is 5.32 Å². The summed E-state index contributed by atoms with van der Waals surface area (Å²) in [4.78, 5) is 2.29. The fourth-order valence-electron chi connectivity index (χ4n) is 2.87. The Kier molecular flexibility index (Phi) is 5.21. The summed E-state index contributed by atoms with van der Waals surface area (Å²) >= 11 is 0. The van der Waals surface area contributed by atoms with Gasteiger partial charge in [0, 0.05) is 30.9 Å². The van der Waals surface area contributed by atoms with Crippen molar-refractivity contribution in [3.63, 3.8) is 0 Å². The molecule has 0 aromatic heterocycles. The van der Waals surface area contributed by atoms with Gasteiger partial charge in [0.15, 0.2) is 0 Å². The van der Waals surface area contributed by atoms with Crippen molar-refractivity contribution in [2.45, 2.75) is 19.5 Å². The summed E-state index contributed by atoms with van der Waals surface area (Å²) in [6.45, 7) is 4.73. The molecule has 1 heterocycles.